The zero-order valence-corrected chi connectivity index (χ0v) is 15.8. The normalized spacial score (nSPS) is 33.2. The predicted molar refractivity (Wildman–Crippen MR) is 97.4 cm³/mol. The molecule has 2 fully saturated rings. The van der Waals surface area contributed by atoms with Gasteiger partial charge in [0.05, 0.1) is 18.9 Å². The summed E-state index contributed by atoms with van der Waals surface area (Å²) in [5, 5.41) is 0. The van der Waals surface area contributed by atoms with Crippen molar-refractivity contribution in [2.24, 2.45) is 17.8 Å². The first-order chi connectivity index (χ1) is 11.7. The van der Waals surface area contributed by atoms with Crippen LogP contribution in [0.15, 0.2) is 36.5 Å². The van der Waals surface area contributed by atoms with E-state index in [1.165, 1.54) is 0 Å². The maximum absolute atomic E-state index is 11.5. The quantitative estimate of drug-likeness (QED) is 0.484. The summed E-state index contributed by atoms with van der Waals surface area (Å²) in [6, 6.07) is 0. The number of fused-ring (bicyclic) bond motifs is 2. The van der Waals surface area contributed by atoms with E-state index in [0.29, 0.717) is 13.0 Å². The van der Waals surface area contributed by atoms with Gasteiger partial charge < -0.3 is 9.47 Å². The summed E-state index contributed by atoms with van der Waals surface area (Å²) >= 11 is 0. The summed E-state index contributed by atoms with van der Waals surface area (Å²) in [6.45, 7) is 12.4. The molecule has 0 aromatic heterocycles. The molecule has 0 radical (unpaired) electrons. The molecule has 4 unspecified atom stereocenters. The zero-order valence-electron chi connectivity index (χ0n) is 15.8. The molecule has 4 atom stereocenters. The van der Waals surface area contributed by atoms with Crippen LogP contribution in [0.4, 0.5) is 0 Å². The Balaban J connectivity index is 0.000000798. The van der Waals surface area contributed by atoms with Crippen molar-refractivity contribution in [3.63, 3.8) is 0 Å². The number of cyclic esters (lactones) is 1. The van der Waals surface area contributed by atoms with E-state index in [1.54, 1.807) is 0 Å². The Bertz CT molecular complexity index is 458. The van der Waals surface area contributed by atoms with Crippen LogP contribution in [0.1, 0.15) is 48.0 Å². The fourth-order valence-electron chi connectivity index (χ4n) is 2.55. The molecule has 0 amide bonds. The van der Waals surface area contributed by atoms with Crippen LogP contribution in [0.25, 0.3) is 0 Å². The summed E-state index contributed by atoms with van der Waals surface area (Å²) in [6.07, 6.45) is 11.6. The van der Waals surface area contributed by atoms with Crippen molar-refractivity contribution in [1.82, 2.24) is 0 Å². The van der Waals surface area contributed by atoms with Crippen LogP contribution in [0.2, 0.25) is 0 Å². The molecular weight excluding hydrogens is 304 g/mol. The van der Waals surface area contributed by atoms with E-state index in [2.05, 4.69) is 0 Å². The molecule has 0 N–H and O–H groups in total. The van der Waals surface area contributed by atoms with Crippen LogP contribution in [0.3, 0.4) is 0 Å². The van der Waals surface area contributed by atoms with E-state index in [-0.39, 0.29) is 35.8 Å². The van der Waals surface area contributed by atoms with E-state index < -0.39 is 0 Å². The molecule has 2 heterocycles. The van der Waals surface area contributed by atoms with Crippen molar-refractivity contribution in [3.8, 4) is 0 Å². The lowest BCUT2D eigenvalue weighted by Crippen LogP contribution is -2.15. The Morgan fingerprint density at radius 1 is 0.833 bits per heavy atom. The first-order valence-corrected chi connectivity index (χ1v) is 9.13. The van der Waals surface area contributed by atoms with Crippen molar-refractivity contribution in [2.75, 3.05) is 6.61 Å². The van der Waals surface area contributed by atoms with Crippen LogP contribution >= 0.6 is 0 Å². The van der Waals surface area contributed by atoms with Crippen molar-refractivity contribution in [3.05, 3.63) is 36.5 Å². The summed E-state index contributed by atoms with van der Waals surface area (Å²) < 4.78 is 10.3. The topological polar surface area (TPSA) is 52.6 Å². The molecule has 2 saturated heterocycles. The van der Waals surface area contributed by atoms with Gasteiger partial charge in [-0.3, -0.25) is 9.59 Å². The first kappa shape index (κ1) is 22.2. The van der Waals surface area contributed by atoms with Crippen molar-refractivity contribution < 1.29 is 19.1 Å². The molecule has 4 heteroatoms. The van der Waals surface area contributed by atoms with Gasteiger partial charge in [0.15, 0.2) is 0 Å². The van der Waals surface area contributed by atoms with Gasteiger partial charge >= 0.3 is 11.9 Å². The second-order valence-corrected chi connectivity index (χ2v) is 4.80. The lowest BCUT2D eigenvalue weighted by molar-refractivity contribution is -0.141. The highest BCUT2D eigenvalue weighted by Gasteiger charge is 2.35. The van der Waals surface area contributed by atoms with Crippen LogP contribution < -0.4 is 0 Å². The van der Waals surface area contributed by atoms with Gasteiger partial charge in [0.1, 0.15) is 6.10 Å². The van der Waals surface area contributed by atoms with Gasteiger partial charge in [-0.25, -0.2) is 0 Å². The number of rotatable bonds is 0. The van der Waals surface area contributed by atoms with Gasteiger partial charge in [-0.15, -0.1) is 0 Å². The monoisotopic (exact) mass is 336 g/mol. The van der Waals surface area contributed by atoms with Gasteiger partial charge in [-0.05, 0) is 6.08 Å². The van der Waals surface area contributed by atoms with E-state index >= 15 is 0 Å². The molecule has 0 aromatic carbocycles. The average Bonchev–Trinajstić information content (AvgIpc) is 3.18. The van der Waals surface area contributed by atoms with E-state index in [9.17, 15) is 9.59 Å². The number of ether oxygens (including phenoxy) is 2. The Morgan fingerprint density at radius 2 is 1.46 bits per heavy atom. The average molecular weight is 336 g/mol. The van der Waals surface area contributed by atoms with E-state index in [1.807, 2.05) is 78.0 Å². The number of hydrogen-bond acceptors (Lipinski definition) is 4. The summed E-state index contributed by atoms with van der Waals surface area (Å²) in [4.78, 5) is 22.8. The molecule has 4 nitrogen and oxygen atoms in total. The number of hydrogen-bond donors (Lipinski definition) is 0. The predicted octanol–water partition coefficient (Wildman–Crippen LogP) is 4.47. The molecule has 24 heavy (non-hydrogen) atoms. The Kier molecular flexibility index (Phi) is 11.6. The highest BCUT2D eigenvalue weighted by molar-refractivity contribution is 5.77. The van der Waals surface area contributed by atoms with Crippen LogP contribution in [0, 0.1) is 17.8 Å². The lowest BCUT2D eigenvalue weighted by Gasteiger charge is -2.12. The number of carbonyl (C=O) groups excluding carboxylic acids is 2. The van der Waals surface area contributed by atoms with Crippen molar-refractivity contribution in [2.45, 2.75) is 54.1 Å². The van der Waals surface area contributed by atoms with Gasteiger partial charge in [0, 0.05) is 11.8 Å². The number of allylic oxidation sites excluding steroid dienone is 2. The highest BCUT2D eigenvalue weighted by atomic mass is 16.6. The van der Waals surface area contributed by atoms with Gasteiger partial charge in [0.25, 0.3) is 0 Å². The molecule has 0 aromatic rings. The van der Waals surface area contributed by atoms with Crippen LogP contribution in [-0.2, 0) is 19.1 Å². The molecular formula is C20H32O4. The summed E-state index contributed by atoms with van der Waals surface area (Å²) in [7, 11) is 0. The Labute approximate surface area is 146 Å². The maximum Gasteiger partial charge on any atom is 0.313 e. The third kappa shape index (κ3) is 5.99. The van der Waals surface area contributed by atoms with Gasteiger partial charge in [-0.1, -0.05) is 71.9 Å². The molecule has 3 aliphatic rings. The standard InChI is InChI=1S/C14H14O4.3C2H6/c15-13-7-9-3-1-2-4-11-10(8-17-14(11)16)5-6-12(9)18-13;3*1-2/h1-6,9-12H,7-8H2;3*1-2H3/b3-1+,4-2-,6-5+;;;. The summed E-state index contributed by atoms with van der Waals surface area (Å²) in [5.41, 5.74) is 0. The minimum absolute atomic E-state index is 0.0419. The lowest BCUT2D eigenvalue weighted by atomic mass is 9.91. The number of esters is 2. The van der Waals surface area contributed by atoms with Gasteiger partial charge in [0.2, 0.25) is 0 Å². The maximum atomic E-state index is 11.5. The van der Waals surface area contributed by atoms with Gasteiger partial charge in [-0.2, -0.15) is 0 Å². The number of carbonyl (C=O) groups is 2. The van der Waals surface area contributed by atoms with E-state index in [4.69, 9.17) is 9.47 Å². The molecule has 136 valence electrons. The molecule has 1 aliphatic carbocycles. The SMILES string of the molecule is CC.CC.CC.O=C1CC2/C=C/C=C\C3C(=O)OCC3/C=C/C2O1. The van der Waals surface area contributed by atoms with Crippen molar-refractivity contribution in [1.29, 1.82) is 0 Å². The summed E-state index contributed by atoms with van der Waals surface area (Å²) in [5.74, 6) is -0.444. The third-order valence-corrected chi connectivity index (χ3v) is 3.58. The minimum Gasteiger partial charge on any atom is -0.465 e. The molecule has 0 saturated carbocycles. The smallest absolute Gasteiger partial charge is 0.313 e. The molecule has 3 rings (SSSR count). The molecule has 2 aliphatic heterocycles. The first-order valence-electron chi connectivity index (χ1n) is 9.13. The highest BCUT2D eigenvalue weighted by Crippen LogP contribution is 2.29. The minimum atomic E-state index is -0.223. The fraction of sp³-hybridized carbons (Fsp3) is 0.600. The third-order valence-electron chi connectivity index (χ3n) is 3.58. The fourth-order valence-corrected chi connectivity index (χ4v) is 2.55. The Morgan fingerprint density at radius 3 is 2.12 bits per heavy atom. The van der Waals surface area contributed by atoms with E-state index in [0.717, 1.165) is 0 Å². The second-order valence-electron chi connectivity index (χ2n) is 4.80. The largest absolute Gasteiger partial charge is 0.465 e. The zero-order chi connectivity index (χ0) is 18.5. The molecule has 0 bridgehead atoms. The van der Waals surface area contributed by atoms with Crippen LogP contribution in [-0.4, -0.2) is 24.6 Å². The Hall–Kier alpha value is -1.84. The van der Waals surface area contributed by atoms with Crippen molar-refractivity contribution >= 4 is 11.9 Å². The second kappa shape index (κ2) is 12.6. The molecule has 0 spiro atoms. The van der Waals surface area contributed by atoms with Crippen LogP contribution in [0.5, 0.6) is 0 Å².